The van der Waals surface area contributed by atoms with Gasteiger partial charge in [-0.15, -0.1) is 0 Å². The minimum atomic E-state index is -5.88. The van der Waals surface area contributed by atoms with E-state index < -0.39 is 27.2 Å². The van der Waals surface area contributed by atoms with Gasteiger partial charge in [0.05, 0.1) is 0 Å². The third-order valence-electron chi connectivity index (χ3n) is 3.17. The van der Waals surface area contributed by atoms with Gasteiger partial charge in [0, 0.05) is 16.1 Å². The molecule has 142 valence electrons. The van der Waals surface area contributed by atoms with Gasteiger partial charge in [0.1, 0.15) is 5.76 Å². The fourth-order valence-electron chi connectivity index (χ4n) is 1.87. The Balaban J connectivity index is 2.34. The van der Waals surface area contributed by atoms with Crippen LogP contribution >= 0.6 is 11.6 Å². The van der Waals surface area contributed by atoms with Crippen LogP contribution in [0.1, 0.15) is 15.9 Å². The average molecular weight is 417 g/mol. The smallest absolute Gasteiger partial charge is 0.375 e. The summed E-state index contributed by atoms with van der Waals surface area (Å²) >= 11 is 5.72. The highest BCUT2D eigenvalue weighted by Crippen LogP contribution is 2.30. The molecule has 2 rings (SSSR count). The molecule has 0 aromatic heterocycles. The number of benzene rings is 2. The molecule has 0 aliphatic heterocycles. The first kappa shape index (κ1) is 20.7. The first-order valence-corrected chi connectivity index (χ1v) is 9.13. The Morgan fingerprint density at radius 1 is 0.963 bits per heavy atom. The van der Waals surface area contributed by atoms with Crippen LogP contribution in [0.4, 0.5) is 13.2 Å². The summed E-state index contributed by atoms with van der Waals surface area (Å²) in [6.07, 6.45) is 3.13. The molecule has 0 unspecified atom stereocenters. The Hall–Kier alpha value is -2.58. The number of ketones is 1. The molecule has 27 heavy (non-hydrogen) atoms. The van der Waals surface area contributed by atoms with Crippen LogP contribution in [0.25, 0.3) is 5.76 Å². The predicted octanol–water partition coefficient (Wildman–Crippen LogP) is 4.99. The van der Waals surface area contributed by atoms with Gasteiger partial charge in [0.2, 0.25) is 0 Å². The lowest BCUT2D eigenvalue weighted by Gasteiger charge is -2.12. The first-order valence-electron chi connectivity index (χ1n) is 7.34. The second kappa shape index (κ2) is 8.41. The van der Waals surface area contributed by atoms with Gasteiger partial charge in [-0.05, 0) is 36.4 Å². The van der Waals surface area contributed by atoms with E-state index in [9.17, 15) is 26.4 Å². The minimum Gasteiger partial charge on any atom is -0.375 e. The Labute approximate surface area is 158 Å². The lowest BCUT2D eigenvalue weighted by Crippen LogP contribution is -2.25. The standard InChI is InChI=1S/C18H12ClF3O4S/c19-15-11-9-14(10-12-15)17(26-27(24,25)18(20,21)22)8-4-7-16(23)13-5-2-1-3-6-13/h1-12H/b7-4+,17-8-. The van der Waals surface area contributed by atoms with Crippen LogP contribution in [0.2, 0.25) is 5.02 Å². The van der Waals surface area contributed by atoms with Crippen LogP contribution in [0.15, 0.2) is 72.8 Å². The highest BCUT2D eigenvalue weighted by Gasteiger charge is 2.48. The topological polar surface area (TPSA) is 60.4 Å². The maximum Gasteiger partial charge on any atom is 0.534 e. The molecule has 0 heterocycles. The van der Waals surface area contributed by atoms with Crippen molar-refractivity contribution >= 4 is 33.3 Å². The molecule has 0 N–H and O–H groups in total. The summed E-state index contributed by atoms with van der Waals surface area (Å²) in [5.41, 5.74) is -5.20. The molecule has 0 atom stereocenters. The summed E-state index contributed by atoms with van der Waals surface area (Å²) in [5.74, 6) is -1.03. The van der Waals surface area contributed by atoms with Gasteiger partial charge in [0.15, 0.2) is 5.78 Å². The maximum atomic E-state index is 12.6. The van der Waals surface area contributed by atoms with Gasteiger partial charge in [-0.1, -0.05) is 48.0 Å². The third kappa shape index (κ3) is 5.70. The largest absolute Gasteiger partial charge is 0.534 e. The van der Waals surface area contributed by atoms with Crippen LogP contribution in [-0.2, 0) is 14.3 Å². The van der Waals surface area contributed by atoms with E-state index in [0.29, 0.717) is 10.6 Å². The second-order valence-corrected chi connectivity index (χ2v) is 7.08. The molecule has 9 heteroatoms. The van der Waals surface area contributed by atoms with Crippen molar-refractivity contribution in [1.29, 1.82) is 0 Å². The average Bonchev–Trinajstić information content (AvgIpc) is 2.61. The van der Waals surface area contributed by atoms with Crippen LogP contribution in [0.3, 0.4) is 0 Å². The zero-order valence-electron chi connectivity index (χ0n) is 13.5. The number of hydrogen-bond acceptors (Lipinski definition) is 4. The molecule has 0 aliphatic rings. The van der Waals surface area contributed by atoms with Gasteiger partial charge < -0.3 is 4.18 Å². The SMILES string of the molecule is O=C(/C=C/C=C(\OS(=O)(=O)C(F)(F)F)c1ccc(Cl)cc1)c1ccccc1. The van der Waals surface area contributed by atoms with Gasteiger partial charge >= 0.3 is 15.6 Å². The molecule has 0 radical (unpaired) electrons. The minimum absolute atomic E-state index is 0.0315. The number of halogens is 4. The maximum absolute atomic E-state index is 12.6. The molecule has 4 nitrogen and oxygen atoms in total. The molecule has 0 amide bonds. The second-order valence-electron chi connectivity index (χ2n) is 5.11. The van der Waals surface area contributed by atoms with Crippen molar-refractivity contribution in [2.45, 2.75) is 5.51 Å². The van der Waals surface area contributed by atoms with Crippen molar-refractivity contribution in [3.63, 3.8) is 0 Å². The molecule has 0 saturated carbocycles. The van der Waals surface area contributed by atoms with Crippen molar-refractivity contribution in [2.24, 2.45) is 0 Å². The zero-order valence-corrected chi connectivity index (χ0v) is 15.1. The van der Waals surface area contributed by atoms with Crippen molar-refractivity contribution in [1.82, 2.24) is 0 Å². The summed E-state index contributed by atoms with van der Waals surface area (Å²) < 4.78 is 64.7. The van der Waals surface area contributed by atoms with Gasteiger partial charge in [-0.3, -0.25) is 4.79 Å². The van der Waals surface area contributed by atoms with Crippen molar-refractivity contribution in [3.05, 3.63) is 89.0 Å². The lowest BCUT2D eigenvalue weighted by atomic mass is 10.1. The third-order valence-corrected chi connectivity index (χ3v) is 4.38. The first-order chi connectivity index (χ1) is 12.6. The van der Waals surface area contributed by atoms with Gasteiger partial charge in [0.25, 0.3) is 0 Å². The van der Waals surface area contributed by atoms with E-state index in [4.69, 9.17) is 11.6 Å². The molecular weight excluding hydrogens is 405 g/mol. The summed E-state index contributed by atoms with van der Waals surface area (Å²) in [4.78, 5) is 12.0. The summed E-state index contributed by atoms with van der Waals surface area (Å²) in [7, 11) is -5.88. The predicted molar refractivity (Wildman–Crippen MR) is 95.4 cm³/mol. The number of carbonyl (C=O) groups excluding carboxylic acids is 1. The Bertz CT molecular complexity index is 964. The molecular formula is C18H12ClF3O4S. The highest BCUT2D eigenvalue weighted by molar-refractivity contribution is 7.87. The molecule has 2 aromatic rings. The number of carbonyl (C=O) groups is 1. The number of allylic oxidation sites excluding steroid dienone is 3. The van der Waals surface area contributed by atoms with Crippen LogP contribution in [-0.4, -0.2) is 19.7 Å². The molecule has 0 saturated heterocycles. The monoisotopic (exact) mass is 416 g/mol. The van der Waals surface area contributed by atoms with Gasteiger partial charge in [-0.25, -0.2) is 0 Å². The summed E-state index contributed by atoms with van der Waals surface area (Å²) in [6.45, 7) is 0. The number of rotatable bonds is 6. The van der Waals surface area contributed by atoms with E-state index in [-0.39, 0.29) is 5.56 Å². The Morgan fingerprint density at radius 3 is 2.11 bits per heavy atom. The fourth-order valence-corrected chi connectivity index (χ4v) is 2.48. The Kier molecular flexibility index (Phi) is 6.45. The van der Waals surface area contributed by atoms with E-state index in [0.717, 1.165) is 18.2 Å². The van der Waals surface area contributed by atoms with Crippen LogP contribution in [0, 0.1) is 0 Å². The van der Waals surface area contributed by atoms with Crippen molar-refractivity contribution in [2.75, 3.05) is 0 Å². The normalized spacial score (nSPS) is 13.0. The van der Waals surface area contributed by atoms with E-state index >= 15 is 0 Å². The van der Waals surface area contributed by atoms with E-state index in [1.807, 2.05) is 0 Å². The van der Waals surface area contributed by atoms with Crippen molar-refractivity contribution in [3.8, 4) is 0 Å². The Morgan fingerprint density at radius 2 is 1.56 bits per heavy atom. The molecule has 0 aliphatic carbocycles. The number of alkyl halides is 3. The van der Waals surface area contributed by atoms with Crippen molar-refractivity contribution < 1.29 is 30.6 Å². The van der Waals surface area contributed by atoms with E-state index in [2.05, 4.69) is 4.18 Å². The fraction of sp³-hybridized carbons (Fsp3) is 0.0556. The summed E-state index contributed by atoms with van der Waals surface area (Å²) in [6, 6.07) is 13.4. The van der Waals surface area contributed by atoms with E-state index in [1.54, 1.807) is 30.3 Å². The quantitative estimate of drug-likeness (QED) is 0.166. The molecule has 0 bridgehead atoms. The lowest BCUT2D eigenvalue weighted by molar-refractivity contribution is -0.0509. The van der Waals surface area contributed by atoms with Gasteiger partial charge in [-0.2, -0.15) is 21.6 Å². The molecule has 2 aromatic carbocycles. The van der Waals surface area contributed by atoms with E-state index in [1.165, 1.54) is 24.3 Å². The summed E-state index contributed by atoms with van der Waals surface area (Å²) in [5, 5.41) is 0.298. The highest BCUT2D eigenvalue weighted by atomic mass is 35.5. The van der Waals surface area contributed by atoms with Crippen LogP contribution < -0.4 is 0 Å². The molecule has 0 spiro atoms. The molecule has 0 fully saturated rings. The van der Waals surface area contributed by atoms with Crippen LogP contribution in [0.5, 0.6) is 0 Å². The zero-order chi connectivity index (χ0) is 20.1. The number of hydrogen-bond donors (Lipinski definition) is 0.